The van der Waals surface area contributed by atoms with E-state index in [4.69, 9.17) is 4.74 Å². The zero-order chi connectivity index (χ0) is 7.68. The largest absolute Gasteiger partial charge is 0.477 e. The number of rotatable bonds is 1. The predicted molar refractivity (Wildman–Crippen MR) is 41.5 cm³/mol. The van der Waals surface area contributed by atoms with Gasteiger partial charge in [-0.15, -0.1) is 0 Å². The van der Waals surface area contributed by atoms with Crippen LogP contribution in [0.1, 0.15) is 13.3 Å². The number of fused-ring (bicyclic) bond motifs is 1. The van der Waals surface area contributed by atoms with Gasteiger partial charge in [0.05, 0.1) is 19.3 Å². The molecule has 11 heavy (non-hydrogen) atoms. The van der Waals surface area contributed by atoms with E-state index in [1.54, 1.807) is 6.20 Å². The fourth-order valence-electron chi connectivity index (χ4n) is 1.33. The van der Waals surface area contributed by atoms with Gasteiger partial charge in [-0.05, 0) is 6.42 Å². The summed E-state index contributed by atoms with van der Waals surface area (Å²) >= 11 is 0. The molecule has 0 aromatic carbocycles. The summed E-state index contributed by atoms with van der Waals surface area (Å²) in [6.07, 6.45) is 2.95. The van der Waals surface area contributed by atoms with Crippen molar-refractivity contribution in [2.75, 3.05) is 6.61 Å². The second-order valence-electron chi connectivity index (χ2n) is 2.94. The Morgan fingerprint density at radius 1 is 1.82 bits per heavy atom. The minimum Gasteiger partial charge on any atom is -0.477 e. The highest BCUT2D eigenvalue weighted by molar-refractivity contribution is 5.09. The molecule has 0 unspecified atom stereocenters. The summed E-state index contributed by atoms with van der Waals surface area (Å²) in [6.45, 7) is 4.05. The predicted octanol–water partition coefficient (Wildman–Crippen LogP) is 1.30. The zero-order valence-electron chi connectivity index (χ0n) is 6.66. The lowest BCUT2D eigenvalue weighted by Gasteiger charge is -2.22. The SMILES string of the molecule is CC[C@@H]1COc2ccnn2C1. The third-order valence-electron chi connectivity index (χ3n) is 2.15. The molecular weight excluding hydrogens is 140 g/mol. The standard InChI is InChI=1S/C8H12N2O/c1-2-7-5-10-8(11-6-7)3-4-9-10/h3-4,7H,2,5-6H2,1H3/t7-/m0/s1. The van der Waals surface area contributed by atoms with Crippen LogP contribution in [-0.2, 0) is 6.54 Å². The van der Waals surface area contributed by atoms with E-state index < -0.39 is 0 Å². The van der Waals surface area contributed by atoms with Gasteiger partial charge in [0.25, 0.3) is 0 Å². The molecule has 1 atom stereocenters. The van der Waals surface area contributed by atoms with Crippen LogP contribution < -0.4 is 4.74 Å². The molecule has 0 spiro atoms. The molecule has 60 valence electrons. The molecule has 0 amide bonds. The lowest BCUT2D eigenvalue weighted by atomic mass is 10.1. The first-order valence-electron chi connectivity index (χ1n) is 4.04. The maximum atomic E-state index is 5.47. The number of nitrogens with zero attached hydrogens (tertiary/aromatic N) is 2. The molecule has 2 heterocycles. The van der Waals surface area contributed by atoms with Gasteiger partial charge in [-0.1, -0.05) is 6.92 Å². The van der Waals surface area contributed by atoms with Crippen LogP contribution in [0.25, 0.3) is 0 Å². The van der Waals surface area contributed by atoms with Crippen molar-refractivity contribution in [2.24, 2.45) is 5.92 Å². The minimum atomic E-state index is 0.641. The van der Waals surface area contributed by atoms with E-state index in [0.717, 1.165) is 19.0 Å². The highest BCUT2D eigenvalue weighted by Gasteiger charge is 2.17. The maximum absolute atomic E-state index is 5.47. The first-order valence-corrected chi connectivity index (χ1v) is 4.04. The molecular formula is C8H12N2O. The minimum absolute atomic E-state index is 0.641. The van der Waals surface area contributed by atoms with E-state index in [1.807, 2.05) is 10.7 Å². The molecule has 0 N–H and O–H groups in total. The molecule has 1 aromatic rings. The van der Waals surface area contributed by atoms with E-state index in [0.29, 0.717) is 5.92 Å². The fraction of sp³-hybridized carbons (Fsp3) is 0.625. The van der Waals surface area contributed by atoms with Crippen LogP contribution >= 0.6 is 0 Å². The van der Waals surface area contributed by atoms with Crippen molar-refractivity contribution in [1.29, 1.82) is 0 Å². The van der Waals surface area contributed by atoms with E-state index in [-0.39, 0.29) is 0 Å². The third kappa shape index (κ3) is 1.11. The molecule has 0 bridgehead atoms. The van der Waals surface area contributed by atoms with E-state index >= 15 is 0 Å². The quantitative estimate of drug-likeness (QED) is 0.606. The van der Waals surface area contributed by atoms with Gasteiger partial charge in [0.2, 0.25) is 5.88 Å². The van der Waals surface area contributed by atoms with Gasteiger partial charge in [0, 0.05) is 12.0 Å². The van der Waals surface area contributed by atoms with Gasteiger partial charge in [-0.25, -0.2) is 4.68 Å². The molecule has 1 aliphatic heterocycles. The van der Waals surface area contributed by atoms with Crippen LogP contribution in [0, 0.1) is 5.92 Å². The Labute approximate surface area is 66.0 Å². The summed E-state index contributed by atoms with van der Waals surface area (Å²) in [5, 5.41) is 4.15. The van der Waals surface area contributed by atoms with E-state index in [9.17, 15) is 0 Å². The summed E-state index contributed by atoms with van der Waals surface area (Å²) in [4.78, 5) is 0. The topological polar surface area (TPSA) is 27.1 Å². The summed E-state index contributed by atoms with van der Waals surface area (Å²) in [7, 11) is 0. The Hall–Kier alpha value is -0.990. The lowest BCUT2D eigenvalue weighted by Crippen LogP contribution is -2.24. The normalized spacial score (nSPS) is 22.5. The number of aromatic nitrogens is 2. The number of hydrogen-bond donors (Lipinski definition) is 0. The molecule has 3 heteroatoms. The van der Waals surface area contributed by atoms with Gasteiger partial charge in [-0.2, -0.15) is 5.10 Å². The second kappa shape index (κ2) is 2.57. The van der Waals surface area contributed by atoms with Gasteiger partial charge in [0.15, 0.2) is 0 Å². The molecule has 0 radical (unpaired) electrons. The van der Waals surface area contributed by atoms with E-state index in [1.165, 1.54) is 6.42 Å². The molecule has 3 nitrogen and oxygen atoms in total. The Bertz CT molecular complexity index is 244. The van der Waals surface area contributed by atoms with Gasteiger partial charge < -0.3 is 4.74 Å². The van der Waals surface area contributed by atoms with Gasteiger partial charge in [0.1, 0.15) is 0 Å². The van der Waals surface area contributed by atoms with Crippen LogP contribution in [-0.4, -0.2) is 16.4 Å². The molecule has 1 aromatic heterocycles. The van der Waals surface area contributed by atoms with Crippen LogP contribution in [0.15, 0.2) is 12.3 Å². The van der Waals surface area contributed by atoms with Crippen molar-refractivity contribution in [3.63, 3.8) is 0 Å². The first kappa shape index (κ1) is 6.70. The average molecular weight is 152 g/mol. The summed E-state index contributed by atoms with van der Waals surface area (Å²) in [5.74, 6) is 1.55. The Balaban J connectivity index is 2.18. The summed E-state index contributed by atoms with van der Waals surface area (Å²) in [5.41, 5.74) is 0. The molecule has 0 saturated carbocycles. The Morgan fingerprint density at radius 2 is 2.73 bits per heavy atom. The van der Waals surface area contributed by atoms with Gasteiger partial charge in [-0.3, -0.25) is 0 Å². The zero-order valence-corrected chi connectivity index (χ0v) is 6.66. The monoisotopic (exact) mass is 152 g/mol. The lowest BCUT2D eigenvalue weighted by molar-refractivity contribution is 0.161. The molecule has 0 aliphatic carbocycles. The first-order chi connectivity index (χ1) is 5.40. The highest BCUT2D eigenvalue weighted by Crippen LogP contribution is 2.20. The van der Waals surface area contributed by atoms with Gasteiger partial charge >= 0.3 is 0 Å². The third-order valence-corrected chi connectivity index (χ3v) is 2.15. The van der Waals surface area contributed by atoms with Crippen molar-refractivity contribution in [1.82, 2.24) is 9.78 Å². The molecule has 0 saturated heterocycles. The molecule has 0 fully saturated rings. The van der Waals surface area contributed by atoms with Crippen LogP contribution in [0.3, 0.4) is 0 Å². The van der Waals surface area contributed by atoms with Crippen LogP contribution in [0.4, 0.5) is 0 Å². The maximum Gasteiger partial charge on any atom is 0.211 e. The average Bonchev–Trinajstić information content (AvgIpc) is 2.50. The summed E-state index contributed by atoms with van der Waals surface area (Å²) in [6, 6.07) is 1.91. The fourth-order valence-corrected chi connectivity index (χ4v) is 1.33. The van der Waals surface area contributed by atoms with Crippen LogP contribution in [0.2, 0.25) is 0 Å². The van der Waals surface area contributed by atoms with Crippen molar-refractivity contribution >= 4 is 0 Å². The summed E-state index contributed by atoms with van der Waals surface area (Å²) < 4.78 is 7.40. The van der Waals surface area contributed by atoms with Crippen molar-refractivity contribution in [3.8, 4) is 5.88 Å². The number of hydrogen-bond acceptors (Lipinski definition) is 2. The van der Waals surface area contributed by atoms with Crippen molar-refractivity contribution in [2.45, 2.75) is 19.9 Å². The van der Waals surface area contributed by atoms with Crippen molar-refractivity contribution < 1.29 is 4.74 Å². The van der Waals surface area contributed by atoms with E-state index in [2.05, 4.69) is 12.0 Å². The Kier molecular flexibility index (Phi) is 1.56. The van der Waals surface area contributed by atoms with Crippen molar-refractivity contribution in [3.05, 3.63) is 12.3 Å². The second-order valence-corrected chi connectivity index (χ2v) is 2.94. The highest BCUT2D eigenvalue weighted by atomic mass is 16.5. The molecule has 1 aliphatic rings. The Morgan fingerprint density at radius 3 is 3.55 bits per heavy atom. The van der Waals surface area contributed by atoms with Crippen LogP contribution in [0.5, 0.6) is 5.88 Å². The molecule has 2 rings (SSSR count). The number of ether oxygens (including phenoxy) is 1. The smallest absolute Gasteiger partial charge is 0.211 e.